The number of methoxy groups -OCH3 is 1. The monoisotopic (exact) mass is 296 g/mol. The molecule has 0 spiro atoms. The largest absolute Gasteiger partial charge is 0.497 e. The molecule has 2 aromatic carbocycles. The van der Waals surface area contributed by atoms with Crippen LogP contribution in [0.15, 0.2) is 48.5 Å². The molecule has 1 unspecified atom stereocenters. The Balaban J connectivity index is 1.77. The van der Waals surface area contributed by atoms with Gasteiger partial charge in [-0.2, -0.15) is 0 Å². The van der Waals surface area contributed by atoms with Crippen molar-refractivity contribution in [3.63, 3.8) is 0 Å². The summed E-state index contributed by atoms with van der Waals surface area (Å²) in [5.41, 5.74) is 2.79. The van der Waals surface area contributed by atoms with Crippen LogP contribution >= 0.6 is 0 Å². The van der Waals surface area contributed by atoms with Crippen LogP contribution in [0.1, 0.15) is 16.8 Å². The second-order valence-electron chi connectivity index (χ2n) is 5.47. The Morgan fingerprint density at radius 3 is 2.68 bits per heavy atom. The lowest BCUT2D eigenvalue weighted by atomic mass is 10.0. The maximum atomic E-state index is 12.3. The van der Waals surface area contributed by atoms with Gasteiger partial charge in [0.1, 0.15) is 5.75 Å². The summed E-state index contributed by atoms with van der Waals surface area (Å²) in [6, 6.07) is 15.8. The van der Waals surface area contributed by atoms with Gasteiger partial charge in [0.05, 0.1) is 7.11 Å². The number of carbonyl (C=O) groups excluding carboxylic acids is 1. The molecule has 2 N–H and O–H groups in total. The third-order valence-corrected chi connectivity index (χ3v) is 3.94. The van der Waals surface area contributed by atoms with Crippen LogP contribution in [0.3, 0.4) is 0 Å². The molecular weight excluding hydrogens is 276 g/mol. The summed E-state index contributed by atoms with van der Waals surface area (Å²) in [4.78, 5) is 12.3. The molecule has 2 aromatic rings. The normalized spacial score (nSPS) is 17.2. The topological polar surface area (TPSA) is 50.4 Å². The molecule has 1 aliphatic rings. The van der Waals surface area contributed by atoms with Crippen molar-refractivity contribution in [1.82, 2.24) is 10.6 Å². The summed E-state index contributed by atoms with van der Waals surface area (Å²) in [5, 5.41) is 6.32. The van der Waals surface area contributed by atoms with Gasteiger partial charge in [0, 0.05) is 18.2 Å². The van der Waals surface area contributed by atoms with Gasteiger partial charge >= 0.3 is 0 Å². The molecular formula is C18H20N2O2. The molecule has 4 heteroatoms. The van der Waals surface area contributed by atoms with E-state index in [1.807, 2.05) is 48.5 Å². The zero-order chi connectivity index (χ0) is 15.4. The van der Waals surface area contributed by atoms with Gasteiger partial charge in [0.15, 0.2) is 0 Å². The van der Waals surface area contributed by atoms with Crippen molar-refractivity contribution in [2.75, 3.05) is 20.2 Å². The van der Waals surface area contributed by atoms with E-state index in [0.717, 1.165) is 36.4 Å². The lowest BCUT2D eigenvalue weighted by Crippen LogP contribution is -2.36. The molecule has 1 amide bonds. The predicted octanol–water partition coefficient (Wildman–Crippen LogP) is 2.45. The molecule has 114 valence electrons. The van der Waals surface area contributed by atoms with Gasteiger partial charge in [-0.1, -0.05) is 24.3 Å². The highest BCUT2D eigenvalue weighted by Gasteiger charge is 2.17. The van der Waals surface area contributed by atoms with E-state index < -0.39 is 0 Å². The van der Waals surface area contributed by atoms with Crippen molar-refractivity contribution < 1.29 is 9.53 Å². The third-order valence-electron chi connectivity index (χ3n) is 3.94. The van der Waals surface area contributed by atoms with Gasteiger partial charge < -0.3 is 15.4 Å². The van der Waals surface area contributed by atoms with Crippen LogP contribution in [0.4, 0.5) is 0 Å². The smallest absolute Gasteiger partial charge is 0.251 e. The second kappa shape index (κ2) is 6.62. The number of amides is 1. The molecule has 1 fully saturated rings. The SMILES string of the molecule is COc1ccc(-c2cccc(C(=O)NC3CCNC3)c2)cc1. The second-order valence-corrected chi connectivity index (χ2v) is 5.47. The first-order chi connectivity index (χ1) is 10.8. The fraction of sp³-hybridized carbons (Fsp3) is 0.278. The van der Waals surface area contributed by atoms with Gasteiger partial charge in [-0.3, -0.25) is 4.79 Å². The number of nitrogens with one attached hydrogen (secondary N) is 2. The maximum absolute atomic E-state index is 12.3. The van der Waals surface area contributed by atoms with Gasteiger partial charge in [-0.15, -0.1) is 0 Å². The minimum absolute atomic E-state index is 0.0101. The number of benzene rings is 2. The highest BCUT2D eigenvalue weighted by molar-refractivity contribution is 5.95. The van der Waals surface area contributed by atoms with E-state index in [2.05, 4.69) is 10.6 Å². The minimum atomic E-state index is -0.0101. The predicted molar refractivity (Wildman–Crippen MR) is 87.2 cm³/mol. The van der Waals surface area contributed by atoms with Gasteiger partial charge in [-0.25, -0.2) is 0 Å². The lowest BCUT2D eigenvalue weighted by molar-refractivity contribution is 0.0940. The number of hydrogen-bond acceptors (Lipinski definition) is 3. The average Bonchev–Trinajstić information content (AvgIpc) is 3.08. The van der Waals surface area contributed by atoms with E-state index in [4.69, 9.17) is 4.74 Å². The number of ether oxygens (including phenoxy) is 1. The summed E-state index contributed by atoms with van der Waals surface area (Å²) in [6.45, 7) is 1.82. The fourth-order valence-corrected chi connectivity index (χ4v) is 2.67. The Bertz CT molecular complexity index is 646. The van der Waals surface area contributed by atoms with E-state index in [-0.39, 0.29) is 11.9 Å². The summed E-state index contributed by atoms with van der Waals surface area (Å²) < 4.78 is 5.17. The van der Waals surface area contributed by atoms with Crippen molar-refractivity contribution in [3.8, 4) is 16.9 Å². The standard InChI is InChI=1S/C18H20N2O2/c1-22-17-7-5-13(6-8-17)14-3-2-4-15(11-14)18(21)20-16-9-10-19-12-16/h2-8,11,16,19H,9-10,12H2,1H3,(H,20,21). The van der Waals surface area contributed by atoms with Crippen molar-refractivity contribution in [1.29, 1.82) is 0 Å². The summed E-state index contributed by atoms with van der Waals surface area (Å²) in [6.07, 6.45) is 0.990. The van der Waals surface area contributed by atoms with E-state index in [0.29, 0.717) is 5.56 Å². The Morgan fingerprint density at radius 2 is 2.00 bits per heavy atom. The minimum Gasteiger partial charge on any atom is -0.497 e. The van der Waals surface area contributed by atoms with Gasteiger partial charge in [0.2, 0.25) is 0 Å². The number of carbonyl (C=O) groups is 1. The first-order valence-electron chi connectivity index (χ1n) is 7.52. The summed E-state index contributed by atoms with van der Waals surface area (Å²) in [7, 11) is 1.65. The first kappa shape index (κ1) is 14.6. The highest BCUT2D eigenvalue weighted by atomic mass is 16.5. The molecule has 0 saturated carbocycles. The Hall–Kier alpha value is -2.33. The van der Waals surface area contributed by atoms with Crippen molar-refractivity contribution >= 4 is 5.91 Å². The van der Waals surface area contributed by atoms with Crippen LogP contribution in [-0.4, -0.2) is 32.1 Å². The Morgan fingerprint density at radius 1 is 1.18 bits per heavy atom. The Labute approximate surface area is 130 Å². The van der Waals surface area contributed by atoms with E-state index in [9.17, 15) is 4.79 Å². The molecule has 1 heterocycles. The van der Waals surface area contributed by atoms with Crippen LogP contribution in [-0.2, 0) is 0 Å². The van der Waals surface area contributed by atoms with Crippen LogP contribution in [0, 0.1) is 0 Å². The zero-order valence-electron chi connectivity index (χ0n) is 12.6. The average molecular weight is 296 g/mol. The van der Waals surface area contributed by atoms with E-state index in [1.165, 1.54) is 0 Å². The molecule has 3 rings (SSSR count). The zero-order valence-corrected chi connectivity index (χ0v) is 12.6. The summed E-state index contributed by atoms with van der Waals surface area (Å²) in [5.74, 6) is 0.815. The molecule has 1 atom stereocenters. The molecule has 22 heavy (non-hydrogen) atoms. The highest BCUT2D eigenvalue weighted by Crippen LogP contribution is 2.23. The van der Waals surface area contributed by atoms with Crippen LogP contribution in [0.5, 0.6) is 5.75 Å². The van der Waals surface area contributed by atoms with Crippen LogP contribution in [0.2, 0.25) is 0 Å². The molecule has 0 aromatic heterocycles. The molecule has 4 nitrogen and oxygen atoms in total. The van der Waals surface area contributed by atoms with E-state index in [1.54, 1.807) is 7.11 Å². The lowest BCUT2D eigenvalue weighted by Gasteiger charge is -2.12. The van der Waals surface area contributed by atoms with Crippen LogP contribution < -0.4 is 15.4 Å². The molecule has 0 radical (unpaired) electrons. The van der Waals surface area contributed by atoms with Crippen molar-refractivity contribution in [3.05, 3.63) is 54.1 Å². The summed E-state index contributed by atoms with van der Waals surface area (Å²) >= 11 is 0. The van der Waals surface area contributed by atoms with Gasteiger partial charge in [0.25, 0.3) is 5.91 Å². The third kappa shape index (κ3) is 3.28. The number of rotatable bonds is 4. The first-order valence-corrected chi connectivity index (χ1v) is 7.52. The van der Waals surface area contributed by atoms with Crippen LogP contribution in [0.25, 0.3) is 11.1 Å². The van der Waals surface area contributed by atoms with E-state index >= 15 is 0 Å². The Kier molecular flexibility index (Phi) is 4.39. The quantitative estimate of drug-likeness (QED) is 0.911. The molecule has 1 saturated heterocycles. The van der Waals surface area contributed by atoms with Crippen molar-refractivity contribution in [2.24, 2.45) is 0 Å². The molecule has 0 aliphatic carbocycles. The van der Waals surface area contributed by atoms with Gasteiger partial charge in [-0.05, 0) is 48.4 Å². The molecule has 1 aliphatic heterocycles. The van der Waals surface area contributed by atoms with Crippen molar-refractivity contribution in [2.45, 2.75) is 12.5 Å². The molecule has 0 bridgehead atoms. The fourth-order valence-electron chi connectivity index (χ4n) is 2.67. The number of hydrogen-bond donors (Lipinski definition) is 2. The maximum Gasteiger partial charge on any atom is 0.251 e.